The van der Waals surface area contributed by atoms with Crippen molar-refractivity contribution in [2.24, 2.45) is 5.73 Å². The molecule has 0 aliphatic rings. The molecule has 0 spiro atoms. The second-order valence-corrected chi connectivity index (χ2v) is 1.11. The number of tetrazole rings is 1. The van der Waals surface area contributed by atoms with E-state index in [9.17, 15) is 4.79 Å². The van der Waals surface area contributed by atoms with Crippen molar-refractivity contribution < 1.29 is 4.79 Å². The molecule has 0 saturated heterocycles. The normalized spacial score (nSPS) is 8.00. The van der Waals surface area contributed by atoms with Crippen LogP contribution in [0.15, 0.2) is 0 Å². The van der Waals surface area contributed by atoms with E-state index in [-0.39, 0.29) is 12.0 Å². The maximum absolute atomic E-state index is 10.1. The number of hydrogen-bond acceptors (Lipinski definition) is 5. The highest BCUT2D eigenvalue weighted by molar-refractivity contribution is 5.88. The van der Waals surface area contributed by atoms with Crippen LogP contribution in [-0.2, 0) is 0 Å². The minimum Gasteiger partial charge on any atom is -0.363 e. The van der Waals surface area contributed by atoms with Crippen LogP contribution in [0, 0.1) is 0 Å². The van der Waals surface area contributed by atoms with Crippen LogP contribution in [0.5, 0.6) is 0 Å². The van der Waals surface area contributed by atoms with Gasteiger partial charge in [-0.05, 0) is 10.4 Å². The summed E-state index contributed by atoms with van der Waals surface area (Å²) >= 11 is 0. The Kier molecular flexibility index (Phi) is 2.27. The summed E-state index contributed by atoms with van der Waals surface area (Å²) in [6.45, 7) is 0. The van der Waals surface area contributed by atoms with E-state index in [0.29, 0.717) is 0 Å². The zero-order valence-electron chi connectivity index (χ0n) is 4.53. The van der Waals surface area contributed by atoms with Gasteiger partial charge in [0.1, 0.15) is 0 Å². The molecular weight excluding hydrogens is 124 g/mol. The number of nitrogens with two attached hydrogens (primary N) is 1. The molecule has 9 heavy (non-hydrogen) atoms. The van der Waals surface area contributed by atoms with E-state index in [4.69, 9.17) is 5.73 Å². The Bertz CT molecular complexity index is 179. The van der Waals surface area contributed by atoms with Gasteiger partial charge in [-0.25, -0.2) is 5.10 Å². The molecule has 1 aromatic rings. The van der Waals surface area contributed by atoms with Gasteiger partial charge in [0.25, 0.3) is 5.91 Å². The molecule has 0 saturated carbocycles. The zero-order chi connectivity index (χ0) is 5.98. The van der Waals surface area contributed by atoms with Gasteiger partial charge in [0.2, 0.25) is 5.82 Å². The lowest BCUT2D eigenvalue weighted by Crippen LogP contribution is -2.12. The standard InChI is InChI=1S/C2H3N5O.H3N/c3-1(8)2-4-6-7-5-2;/h(H2,3,8)(H,4,5,6,7);1H3. The van der Waals surface area contributed by atoms with Gasteiger partial charge in [-0.2, -0.15) is 0 Å². The molecule has 0 fully saturated rings. The van der Waals surface area contributed by atoms with Crippen LogP contribution in [0.1, 0.15) is 10.6 Å². The van der Waals surface area contributed by atoms with Crippen molar-refractivity contribution in [2.75, 3.05) is 0 Å². The number of hydrogen-bond donors (Lipinski definition) is 3. The largest absolute Gasteiger partial charge is 0.363 e. The molecule has 1 amide bonds. The first-order valence-electron chi connectivity index (χ1n) is 1.84. The third-order valence-corrected chi connectivity index (χ3v) is 0.579. The number of H-pyrrole nitrogens is 1. The molecule has 1 rings (SSSR count). The summed E-state index contributed by atoms with van der Waals surface area (Å²) in [5, 5.41) is 11.7. The number of carbonyl (C=O) groups is 1. The van der Waals surface area contributed by atoms with Gasteiger partial charge < -0.3 is 11.9 Å². The second-order valence-electron chi connectivity index (χ2n) is 1.11. The van der Waals surface area contributed by atoms with Gasteiger partial charge in [0.05, 0.1) is 0 Å². The number of aromatic nitrogens is 4. The summed E-state index contributed by atoms with van der Waals surface area (Å²) < 4.78 is 0. The number of aromatic amines is 1. The average molecular weight is 130 g/mol. The number of nitrogens with zero attached hydrogens (tertiary/aromatic N) is 3. The minimum atomic E-state index is -0.657. The van der Waals surface area contributed by atoms with E-state index in [1.807, 2.05) is 0 Å². The van der Waals surface area contributed by atoms with Crippen LogP contribution >= 0.6 is 0 Å². The molecule has 0 aliphatic heterocycles. The summed E-state index contributed by atoms with van der Waals surface area (Å²) in [7, 11) is 0. The molecule has 0 atom stereocenters. The molecule has 0 radical (unpaired) electrons. The molecule has 7 nitrogen and oxygen atoms in total. The number of nitrogens with one attached hydrogen (secondary N) is 1. The lowest BCUT2D eigenvalue weighted by molar-refractivity contribution is 0.0990. The van der Waals surface area contributed by atoms with E-state index in [1.54, 1.807) is 0 Å². The van der Waals surface area contributed by atoms with Crippen LogP contribution in [0.25, 0.3) is 0 Å². The lowest BCUT2D eigenvalue weighted by Gasteiger charge is -1.76. The van der Waals surface area contributed by atoms with Crippen molar-refractivity contribution in [3.8, 4) is 0 Å². The van der Waals surface area contributed by atoms with Crippen molar-refractivity contribution in [1.82, 2.24) is 26.8 Å². The lowest BCUT2D eigenvalue weighted by atomic mass is 10.6. The summed E-state index contributed by atoms with van der Waals surface area (Å²) in [5.41, 5.74) is 4.75. The third kappa shape index (κ3) is 1.46. The predicted molar refractivity (Wildman–Crippen MR) is 27.7 cm³/mol. The van der Waals surface area contributed by atoms with E-state index in [0.717, 1.165) is 0 Å². The van der Waals surface area contributed by atoms with Gasteiger partial charge in [-0.15, -0.1) is 5.10 Å². The Morgan fingerprint density at radius 3 is 2.56 bits per heavy atom. The van der Waals surface area contributed by atoms with Crippen LogP contribution in [0.4, 0.5) is 0 Å². The van der Waals surface area contributed by atoms with Gasteiger partial charge in [-0.3, -0.25) is 4.79 Å². The summed E-state index contributed by atoms with van der Waals surface area (Å²) in [6, 6.07) is 0. The quantitative estimate of drug-likeness (QED) is 0.423. The Labute approximate surface area is 50.2 Å². The molecule has 0 bridgehead atoms. The first-order valence-corrected chi connectivity index (χ1v) is 1.84. The smallest absolute Gasteiger partial charge is 0.287 e. The Balaban J connectivity index is 0.000000640. The van der Waals surface area contributed by atoms with Crippen molar-refractivity contribution in [3.05, 3.63) is 5.82 Å². The molecule has 0 aliphatic carbocycles. The molecule has 7 heteroatoms. The average Bonchev–Trinajstić information content (AvgIpc) is 2.12. The summed E-state index contributed by atoms with van der Waals surface area (Å²) in [6.07, 6.45) is 0. The molecule has 1 aromatic heterocycles. The van der Waals surface area contributed by atoms with Crippen molar-refractivity contribution in [1.29, 1.82) is 0 Å². The van der Waals surface area contributed by atoms with Gasteiger partial charge >= 0.3 is 0 Å². The van der Waals surface area contributed by atoms with Gasteiger partial charge in [0, 0.05) is 0 Å². The topological polar surface area (TPSA) is 133 Å². The van der Waals surface area contributed by atoms with Crippen molar-refractivity contribution in [2.45, 2.75) is 0 Å². The Morgan fingerprint density at radius 2 is 2.33 bits per heavy atom. The van der Waals surface area contributed by atoms with Crippen molar-refractivity contribution >= 4 is 5.91 Å². The van der Waals surface area contributed by atoms with E-state index in [1.165, 1.54) is 0 Å². The van der Waals surface area contributed by atoms with Crippen LogP contribution < -0.4 is 11.9 Å². The second kappa shape index (κ2) is 2.72. The van der Waals surface area contributed by atoms with Gasteiger partial charge in [-0.1, -0.05) is 0 Å². The predicted octanol–water partition coefficient (Wildman–Crippen LogP) is -1.54. The molecule has 1 heterocycles. The van der Waals surface area contributed by atoms with Crippen LogP contribution in [0.2, 0.25) is 0 Å². The molecular formula is C2H6N6O. The molecule has 6 N–H and O–H groups in total. The SMILES string of the molecule is N.NC(=O)c1nnn[nH]1. The Hall–Kier alpha value is -1.50. The van der Waals surface area contributed by atoms with Crippen molar-refractivity contribution in [3.63, 3.8) is 0 Å². The number of amides is 1. The highest BCUT2D eigenvalue weighted by Crippen LogP contribution is 1.75. The first kappa shape index (κ1) is 7.50. The molecule has 0 aromatic carbocycles. The highest BCUT2D eigenvalue weighted by atomic mass is 16.1. The van der Waals surface area contributed by atoms with Gasteiger partial charge in [0.15, 0.2) is 0 Å². The fraction of sp³-hybridized carbons (Fsp3) is 0. The third-order valence-electron chi connectivity index (χ3n) is 0.579. The van der Waals surface area contributed by atoms with E-state index in [2.05, 4.69) is 20.6 Å². The van der Waals surface area contributed by atoms with E-state index < -0.39 is 5.91 Å². The zero-order valence-corrected chi connectivity index (χ0v) is 4.53. The minimum absolute atomic E-state index is 0. The maximum atomic E-state index is 10.1. The number of carbonyl (C=O) groups excluding carboxylic acids is 1. The van der Waals surface area contributed by atoms with Crippen LogP contribution in [-0.4, -0.2) is 26.5 Å². The number of rotatable bonds is 1. The first-order chi connectivity index (χ1) is 3.80. The highest BCUT2D eigenvalue weighted by Gasteiger charge is 2.00. The number of primary amides is 1. The summed E-state index contributed by atoms with van der Waals surface area (Å²) in [5.74, 6) is -0.681. The maximum Gasteiger partial charge on any atom is 0.287 e. The monoisotopic (exact) mass is 130 g/mol. The Morgan fingerprint density at radius 1 is 1.67 bits per heavy atom. The molecule has 0 unspecified atom stereocenters. The summed E-state index contributed by atoms with van der Waals surface area (Å²) in [4.78, 5) is 10.1. The van der Waals surface area contributed by atoms with E-state index >= 15 is 0 Å². The van der Waals surface area contributed by atoms with Crippen LogP contribution in [0.3, 0.4) is 0 Å². The fourth-order valence-corrected chi connectivity index (χ4v) is 0.264. The molecule has 50 valence electrons. The fourth-order valence-electron chi connectivity index (χ4n) is 0.264.